The van der Waals surface area contributed by atoms with Gasteiger partial charge in [-0.05, 0) is 31.2 Å². The van der Waals surface area contributed by atoms with Crippen molar-refractivity contribution in [3.63, 3.8) is 0 Å². The van der Waals surface area contributed by atoms with E-state index in [2.05, 4.69) is 33.0 Å². The Labute approximate surface area is 105 Å². The van der Waals surface area contributed by atoms with Crippen LogP contribution in [0.5, 0.6) is 0 Å². The number of unbranched alkanes of at least 4 members (excludes halogenated alkanes) is 1. The zero-order valence-corrected chi connectivity index (χ0v) is 11.8. The summed E-state index contributed by atoms with van der Waals surface area (Å²) in [6, 6.07) is 0. The van der Waals surface area contributed by atoms with Crippen molar-refractivity contribution in [3.8, 4) is 0 Å². The molecule has 1 fully saturated rings. The van der Waals surface area contributed by atoms with Crippen LogP contribution in [0.3, 0.4) is 0 Å². The highest BCUT2D eigenvalue weighted by molar-refractivity contribution is 5.78. The Bertz CT molecular complexity index is 249. The van der Waals surface area contributed by atoms with E-state index < -0.39 is 0 Å². The highest BCUT2D eigenvalue weighted by Gasteiger charge is 2.50. The van der Waals surface area contributed by atoms with Gasteiger partial charge in [-0.2, -0.15) is 0 Å². The van der Waals surface area contributed by atoms with Crippen LogP contribution < -0.4 is 5.32 Å². The summed E-state index contributed by atoms with van der Waals surface area (Å²) in [5, 5.41) is 3.35. The fourth-order valence-electron chi connectivity index (χ4n) is 2.47. The smallest absolute Gasteiger partial charge is 0.313 e. The minimum absolute atomic E-state index is 0.00866. The molecule has 1 unspecified atom stereocenters. The molecule has 3 heteroatoms. The average molecular weight is 241 g/mol. The number of carbonyl (C=O) groups excluding carboxylic acids is 1. The quantitative estimate of drug-likeness (QED) is 0.607. The first-order chi connectivity index (χ1) is 7.94. The summed E-state index contributed by atoms with van der Waals surface area (Å²) in [5.74, 6) is -0.00866. The van der Waals surface area contributed by atoms with Crippen molar-refractivity contribution < 1.29 is 9.53 Å². The molecule has 0 aromatic heterocycles. The predicted molar refractivity (Wildman–Crippen MR) is 69.9 cm³/mol. The van der Waals surface area contributed by atoms with E-state index in [9.17, 15) is 4.79 Å². The molecule has 1 saturated heterocycles. The molecule has 0 saturated carbocycles. The van der Waals surface area contributed by atoms with Crippen LogP contribution in [0, 0.1) is 10.8 Å². The first-order valence-corrected chi connectivity index (χ1v) is 6.82. The third-order valence-electron chi connectivity index (χ3n) is 3.94. The molecule has 0 amide bonds. The second-order valence-electron chi connectivity index (χ2n) is 6.10. The molecule has 0 aliphatic carbocycles. The Morgan fingerprint density at radius 2 is 2.12 bits per heavy atom. The van der Waals surface area contributed by atoms with Crippen LogP contribution in [0.25, 0.3) is 0 Å². The van der Waals surface area contributed by atoms with E-state index >= 15 is 0 Å². The zero-order valence-electron chi connectivity index (χ0n) is 11.8. The topological polar surface area (TPSA) is 38.3 Å². The molecule has 0 bridgehead atoms. The minimum Gasteiger partial charge on any atom is -0.465 e. The number of piperidine rings is 1. The van der Waals surface area contributed by atoms with Gasteiger partial charge < -0.3 is 10.1 Å². The lowest BCUT2D eigenvalue weighted by Gasteiger charge is -2.45. The van der Waals surface area contributed by atoms with Gasteiger partial charge in [0, 0.05) is 6.54 Å². The van der Waals surface area contributed by atoms with Crippen LogP contribution in [-0.2, 0) is 9.53 Å². The third kappa shape index (κ3) is 3.21. The monoisotopic (exact) mass is 241 g/mol. The molecule has 0 spiro atoms. The highest BCUT2D eigenvalue weighted by atomic mass is 16.5. The normalized spacial score (nSPS) is 25.6. The summed E-state index contributed by atoms with van der Waals surface area (Å²) >= 11 is 0. The van der Waals surface area contributed by atoms with Crippen molar-refractivity contribution in [2.24, 2.45) is 10.8 Å². The summed E-state index contributed by atoms with van der Waals surface area (Å²) in [4.78, 5) is 12.4. The summed E-state index contributed by atoms with van der Waals surface area (Å²) in [5.41, 5.74) is -0.400. The van der Waals surface area contributed by atoms with Crippen molar-refractivity contribution in [3.05, 3.63) is 0 Å². The number of ether oxygens (including phenoxy) is 1. The van der Waals surface area contributed by atoms with E-state index in [1.165, 1.54) is 0 Å². The van der Waals surface area contributed by atoms with Gasteiger partial charge in [0.25, 0.3) is 0 Å². The summed E-state index contributed by atoms with van der Waals surface area (Å²) in [6.07, 6.45) is 4.02. The fraction of sp³-hybridized carbons (Fsp3) is 0.929. The Kier molecular flexibility index (Phi) is 4.99. The second-order valence-corrected chi connectivity index (χ2v) is 6.10. The van der Waals surface area contributed by atoms with E-state index in [0.717, 1.165) is 38.8 Å². The van der Waals surface area contributed by atoms with Gasteiger partial charge in [-0.3, -0.25) is 4.79 Å². The lowest BCUT2D eigenvalue weighted by molar-refractivity contribution is -0.165. The first kappa shape index (κ1) is 14.5. The van der Waals surface area contributed by atoms with Crippen molar-refractivity contribution >= 4 is 5.97 Å². The van der Waals surface area contributed by atoms with Crippen LogP contribution in [0.4, 0.5) is 0 Å². The molecular formula is C14H27NO2. The molecule has 100 valence electrons. The number of nitrogens with one attached hydrogen (secondary N) is 1. The van der Waals surface area contributed by atoms with E-state index in [4.69, 9.17) is 4.74 Å². The van der Waals surface area contributed by atoms with Gasteiger partial charge in [0.2, 0.25) is 0 Å². The maximum absolute atomic E-state index is 12.4. The van der Waals surface area contributed by atoms with Crippen molar-refractivity contribution in [1.82, 2.24) is 5.32 Å². The van der Waals surface area contributed by atoms with Gasteiger partial charge >= 0.3 is 5.97 Å². The van der Waals surface area contributed by atoms with E-state index in [0.29, 0.717) is 6.61 Å². The Morgan fingerprint density at radius 3 is 2.59 bits per heavy atom. The van der Waals surface area contributed by atoms with Crippen molar-refractivity contribution in [2.45, 2.75) is 53.4 Å². The maximum Gasteiger partial charge on any atom is 0.313 e. The molecule has 1 atom stereocenters. The van der Waals surface area contributed by atoms with Crippen LogP contribution >= 0.6 is 0 Å². The molecule has 1 heterocycles. The van der Waals surface area contributed by atoms with Crippen LogP contribution in [0.2, 0.25) is 0 Å². The molecule has 1 aliphatic rings. The summed E-state index contributed by atoms with van der Waals surface area (Å²) in [7, 11) is 0. The lowest BCUT2D eigenvalue weighted by atomic mass is 9.63. The van der Waals surface area contributed by atoms with Crippen molar-refractivity contribution in [1.29, 1.82) is 0 Å². The van der Waals surface area contributed by atoms with E-state index in [-0.39, 0.29) is 16.8 Å². The summed E-state index contributed by atoms with van der Waals surface area (Å²) in [6.45, 7) is 10.9. The maximum atomic E-state index is 12.4. The van der Waals surface area contributed by atoms with E-state index in [1.54, 1.807) is 0 Å². The zero-order chi connectivity index (χ0) is 12.9. The molecular weight excluding hydrogens is 214 g/mol. The molecule has 0 aromatic carbocycles. The molecule has 1 rings (SSSR count). The highest BCUT2D eigenvalue weighted by Crippen LogP contribution is 2.44. The molecule has 3 nitrogen and oxygen atoms in total. The number of hydrogen-bond donors (Lipinski definition) is 1. The Morgan fingerprint density at radius 1 is 1.41 bits per heavy atom. The number of esters is 1. The van der Waals surface area contributed by atoms with Gasteiger partial charge in [0.15, 0.2) is 0 Å². The Hall–Kier alpha value is -0.570. The molecule has 17 heavy (non-hydrogen) atoms. The van der Waals surface area contributed by atoms with Gasteiger partial charge in [0.1, 0.15) is 0 Å². The number of rotatable bonds is 4. The minimum atomic E-state index is -0.348. The standard InChI is InChI=1S/C14H27NO2/c1-5-6-10-17-12(16)14(13(2,3)4)8-7-9-15-11-14/h15H,5-11H2,1-4H3. The fourth-order valence-corrected chi connectivity index (χ4v) is 2.47. The summed E-state index contributed by atoms with van der Waals surface area (Å²) < 4.78 is 5.47. The number of carbonyl (C=O) groups is 1. The SMILES string of the molecule is CCCCOC(=O)C1(C(C)(C)C)CCCNC1. The average Bonchev–Trinajstić information content (AvgIpc) is 2.28. The first-order valence-electron chi connectivity index (χ1n) is 6.82. The van der Waals surface area contributed by atoms with Crippen LogP contribution in [0.15, 0.2) is 0 Å². The molecule has 0 radical (unpaired) electrons. The molecule has 0 aromatic rings. The van der Waals surface area contributed by atoms with Crippen LogP contribution in [-0.4, -0.2) is 25.7 Å². The molecule has 1 aliphatic heterocycles. The molecule has 1 N–H and O–H groups in total. The predicted octanol–water partition coefficient (Wildman–Crippen LogP) is 2.75. The van der Waals surface area contributed by atoms with Crippen LogP contribution in [0.1, 0.15) is 53.4 Å². The van der Waals surface area contributed by atoms with Gasteiger partial charge in [-0.25, -0.2) is 0 Å². The van der Waals surface area contributed by atoms with Gasteiger partial charge in [0.05, 0.1) is 12.0 Å². The second kappa shape index (κ2) is 5.85. The van der Waals surface area contributed by atoms with Gasteiger partial charge in [-0.1, -0.05) is 34.1 Å². The van der Waals surface area contributed by atoms with Gasteiger partial charge in [-0.15, -0.1) is 0 Å². The third-order valence-corrected chi connectivity index (χ3v) is 3.94. The van der Waals surface area contributed by atoms with E-state index in [1.807, 2.05) is 0 Å². The van der Waals surface area contributed by atoms with Crippen molar-refractivity contribution in [2.75, 3.05) is 19.7 Å². The number of hydrogen-bond acceptors (Lipinski definition) is 3. The largest absolute Gasteiger partial charge is 0.465 e. The Balaban J connectivity index is 2.72. The lowest BCUT2D eigenvalue weighted by Crippen LogP contribution is -2.54.